The molecule has 0 aliphatic carbocycles. The molecule has 0 saturated heterocycles. The third kappa shape index (κ3) is 5.79. The van der Waals surface area contributed by atoms with Gasteiger partial charge in [-0.3, -0.25) is 4.79 Å². The highest BCUT2D eigenvalue weighted by molar-refractivity contribution is 5.91. The van der Waals surface area contributed by atoms with Crippen LogP contribution in [0.3, 0.4) is 0 Å². The van der Waals surface area contributed by atoms with Gasteiger partial charge in [0, 0.05) is 6.54 Å². The van der Waals surface area contributed by atoms with Crippen LogP contribution >= 0.6 is 0 Å². The lowest BCUT2D eigenvalue weighted by Crippen LogP contribution is -2.25. The Labute approximate surface area is 159 Å². The molecule has 0 saturated carbocycles. The van der Waals surface area contributed by atoms with E-state index < -0.39 is 0 Å². The SMILES string of the molecule is NC(Cc1ccccc1)c1nc(C(=O)NCCCCc2ccccc2)co1. The lowest BCUT2D eigenvalue weighted by molar-refractivity contribution is 0.0948. The molecule has 1 aromatic heterocycles. The quantitative estimate of drug-likeness (QED) is 0.568. The van der Waals surface area contributed by atoms with Crippen molar-refractivity contribution in [3.63, 3.8) is 0 Å². The number of unbranched alkanes of at least 4 members (excludes halogenated alkanes) is 1. The summed E-state index contributed by atoms with van der Waals surface area (Å²) in [5, 5.41) is 2.88. The van der Waals surface area contributed by atoms with Crippen molar-refractivity contribution in [1.82, 2.24) is 10.3 Å². The van der Waals surface area contributed by atoms with Gasteiger partial charge in [0.05, 0.1) is 6.04 Å². The first-order valence-corrected chi connectivity index (χ1v) is 9.29. The van der Waals surface area contributed by atoms with Crippen molar-refractivity contribution in [2.24, 2.45) is 5.73 Å². The third-order valence-corrected chi connectivity index (χ3v) is 4.39. The van der Waals surface area contributed by atoms with Gasteiger partial charge in [0.15, 0.2) is 5.69 Å². The van der Waals surface area contributed by atoms with E-state index in [4.69, 9.17) is 10.2 Å². The Bertz CT molecular complexity index is 831. The highest BCUT2D eigenvalue weighted by Gasteiger charge is 2.17. The van der Waals surface area contributed by atoms with Crippen molar-refractivity contribution < 1.29 is 9.21 Å². The maximum atomic E-state index is 12.2. The van der Waals surface area contributed by atoms with E-state index in [1.54, 1.807) is 0 Å². The molecule has 0 spiro atoms. The van der Waals surface area contributed by atoms with E-state index >= 15 is 0 Å². The zero-order valence-electron chi connectivity index (χ0n) is 15.3. The van der Waals surface area contributed by atoms with E-state index in [1.807, 2.05) is 48.5 Å². The monoisotopic (exact) mass is 363 g/mol. The minimum absolute atomic E-state index is 0.225. The van der Waals surface area contributed by atoms with Crippen molar-refractivity contribution in [1.29, 1.82) is 0 Å². The van der Waals surface area contributed by atoms with Gasteiger partial charge >= 0.3 is 0 Å². The molecule has 1 heterocycles. The average Bonchev–Trinajstić information content (AvgIpc) is 3.20. The maximum absolute atomic E-state index is 12.2. The molecule has 0 fully saturated rings. The van der Waals surface area contributed by atoms with Gasteiger partial charge < -0.3 is 15.5 Å². The number of carbonyl (C=O) groups excluding carboxylic acids is 1. The topological polar surface area (TPSA) is 81.1 Å². The molecular formula is C22H25N3O2. The predicted molar refractivity (Wildman–Crippen MR) is 105 cm³/mol. The summed E-state index contributed by atoms with van der Waals surface area (Å²) >= 11 is 0. The Morgan fingerprint density at radius 3 is 2.37 bits per heavy atom. The molecule has 140 valence electrons. The zero-order chi connectivity index (χ0) is 18.9. The van der Waals surface area contributed by atoms with E-state index in [9.17, 15) is 4.79 Å². The Morgan fingerprint density at radius 1 is 1.00 bits per heavy atom. The summed E-state index contributed by atoms with van der Waals surface area (Å²) in [6.07, 6.45) is 4.94. The highest BCUT2D eigenvalue weighted by Crippen LogP contribution is 2.15. The molecule has 0 aliphatic heterocycles. The molecule has 5 nitrogen and oxygen atoms in total. The second-order valence-electron chi connectivity index (χ2n) is 6.57. The summed E-state index contributed by atoms with van der Waals surface area (Å²) in [6, 6.07) is 19.9. The molecule has 1 atom stereocenters. The van der Waals surface area contributed by atoms with Crippen molar-refractivity contribution in [2.75, 3.05) is 6.54 Å². The van der Waals surface area contributed by atoms with Crippen LogP contribution in [-0.2, 0) is 12.8 Å². The Kier molecular flexibility index (Phi) is 6.77. The second-order valence-corrected chi connectivity index (χ2v) is 6.57. The van der Waals surface area contributed by atoms with Crippen LogP contribution in [0.5, 0.6) is 0 Å². The van der Waals surface area contributed by atoms with E-state index in [0.717, 1.165) is 24.8 Å². The van der Waals surface area contributed by atoms with E-state index in [2.05, 4.69) is 22.4 Å². The molecule has 0 radical (unpaired) electrons. The van der Waals surface area contributed by atoms with Crippen LogP contribution in [0.15, 0.2) is 71.3 Å². The summed E-state index contributed by atoms with van der Waals surface area (Å²) in [5.74, 6) is 0.157. The minimum Gasteiger partial charge on any atom is -0.446 e. The van der Waals surface area contributed by atoms with Gasteiger partial charge in [-0.25, -0.2) is 4.98 Å². The normalized spacial score (nSPS) is 11.9. The van der Waals surface area contributed by atoms with Gasteiger partial charge in [0.1, 0.15) is 6.26 Å². The van der Waals surface area contributed by atoms with Gasteiger partial charge in [-0.2, -0.15) is 0 Å². The first kappa shape index (κ1) is 18.9. The second kappa shape index (κ2) is 9.69. The van der Waals surface area contributed by atoms with Crippen LogP contribution in [0.2, 0.25) is 0 Å². The molecule has 1 unspecified atom stereocenters. The maximum Gasteiger partial charge on any atom is 0.273 e. The van der Waals surface area contributed by atoms with Crippen LogP contribution in [0, 0.1) is 0 Å². The Balaban J connectivity index is 1.41. The van der Waals surface area contributed by atoms with Gasteiger partial charge in [-0.15, -0.1) is 0 Å². The largest absolute Gasteiger partial charge is 0.446 e. The summed E-state index contributed by atoms with van der Waals surface area (Å²) in [7, 11) is 0. The van der Waals surface area contributed by atoms with Gasteiger partial charge in [-0.05, 0) is 36.8 Å². The lowest BCUT2D eigenvalue weighted by atomic mass is 10.1. The molecule has 3 aromatic rings. The number of benzene rings is 2. The zero-order valence-corrected chi connectivity index (χ0v) is 15.3. The number of aryl methyl sites for hydroxylation is 1. The van der Waals surface area contributed by atoms with Crippen LogP contribution in [0.25, 0.3) is 0 Å². The molecule has 3 rings (SSSR count). The van der Waals surface area contributed by atoms with Gasteiger partial charge in [0.25, 0.3) is 5.91 Å². The Morgan fingerprint density at radius 2 is 1.67 bits per heavy atom. The third-order valence-electron chi connectivity index (χ3n) is 4.39. The number of hydrogen-bond acceptors (Lipinski definition) is 4. The first-order valence-electron chi connectivity index (χ1n) is 9.29. The van der Waals surface area contributed by atoms with E-state index in [0.29, 0.717) is 18.9 Å². The summed E-state index contributed by atoms with van der Waals surface area (Å²) in [4.78, 5) is 16.4. The fraction of sp³-hybridized carbons (Fsp3) is 0.273. The molecule has 1 amide bonds. The molecule has 0 bridgehead atoms. The molecule has 3 N–H and O–H groups in total. The smallest absolute Gasteiger partial charge is 0.273 e. The predicted octanol–water partition coefficient (Wildman–Crippen LogP) is 3.67. The van der Waals surface area contributed by atoms with E-state index in [1.165, 1.54) is 11.8 Å². The van der Waals surface area contributed by atoms with Crippen LogP contribution in [0.1, 0.15) is 46.4 Å². The number of hydrogen-bond donors (Lipinski definition) is 2. The molecule has 5 heteroatoms. The molecule has 0 aliphatic rings. The summed E-state index contributed by atoms with van der Waals surface area (Å²) in [5.41, 5.74) is 8.84. The van der Waals surface area contributed by atoms with E-state index in [-0.39, 0.29) is 17.6 Å². The molecule has 27 heavy (non-hydrogen) atoms. The fourth-order valence-corrected chi connectivity index (χ4v) is 2.91. The fourth-order valence-electron chi connectivity index (χ4n) is 2.91. The summed E-state index contributed by atoms with van der Waals surface area (Å²) in [6.45, 7) is 0.615. The summed E-state index contributed by atoms with van der Waals surface area (Å²) < 4.78 is 5.41. The standard InChI is InChI=1S/C22H25N3O2/c23-19(15-18-12-5-2-6-13-18)22-25-20(16-27-22)21(26)24-14-8-7-11-17-9-3-1-4-10-17/h1-6,9-10,12-13,16,19H,7-8,11,14-15,23H2,(H,24,26). The van der Waals surface area contributed by atoms with Crippen LogP contribution < -0.4 is 11.1 Å². The van der Waals surface area contributed by atoms with Crippen LogP contribution in [-0.4, -0.2) is 17.4 Å². The van der Waals surface area contributed by atoms with Gasteiger partial charge in [-0.1, -0.05) is 60.7 Å². The number of carbonyl (C=O) groups is 1. The lowest BCUT2D eigenvalue weighted by Gasteiger charge is -2.07. The number of nitrogens with two attached hydrogens (primary N) is 1. The Hall–Kier alpha value is -2.92. The van der Waals surface area contributed by atoms with Crippen molar-refractivity contribution in [3.05, 3.63) is 89.6 Å². The van der Waals surface area contributed by atoms with Crippen molar-refractivity contribution >= 4 is 5.91 Å². The number of aromatic nitrogens is 1. The number of rotatable bonds is 9. The van der Waals surface area contributed by atoms with Crippen molar-refractivity contribution in [3.8, 4) is 0 Å². The van der Waals surface area contributed by atoms with Crippen LogP contribution in [0.4, 0.5) is 0 Å². The number of amides is 1. The number of nitrogens with one attached hydrogen (secondary N) is 1. The van der Waals surface area contributed by atoms with Crippen molar-refractivity contribution in [2.45, 2.75) is 31.7 Å². The molecule has 2 aromatic carbocycles. The average molecular weight is 363 g/mol. The molecular weight excluding hydrogens is 338 g/mol. The number of oxazole rings is 1. The highest BCUT2D eigenvalue weighted by atomic mass is 16.3. The van der Waals surface area contributed by atoms with Gasteiger partial charge in [0.2, 0.25) is 5.89 Å². The minimum atomic E-state index is -0.375. The number of nitrogens with zero attached hydrogens (tertiary/aromatic N) is 1. The first-order chi connectivity index (χ1) is 13.2.